The first-order valence-electron chi connectivity index (χ1n) is 7.14. The molecule has 22 heavy (non-hydrogen) atoms. The maximum atomic E-state index is 13.0. The molecule has 1 unspecified atom stereocenters. The summed E-state index contributed by atoms with van der Waals surface area (Å²) >= 11 is 0. The zero-order chi connectivity index (χ0) is 15.7. The van der Waals surface area contributed by atoms with Crippen LogP contribution in [0.15, 0.2) is 52.3 Å². The Hall–Kier alpha value is -1.85. The summed E-state index contributed by atoms with van der Waals surface area (Å²) in [6.45, 7) is 4.70. The molecule has 1 aliphatic heterocycles. The molecule has 0 radical (unpaired) electrons. The van der Waals surface area contributed by atoms with Gasteiger partial charge in [-0.1, -0.05) is 24.3 Å². The van der Waals surface area contributed by atoms with E-state index in [0.29, 0.717) is 24.5 Å². The molecular weight excluding hydrogens is 300 g/mol. The summed E-state index contributed by atoms with van der Waals surface area (Å²) in [4.78, 5) is 0.524. The predicted molar refractivity (Wildman–Crippen MR) is 83.0 cm³/mol. The van der Waals surface area contributed by atoms with Crippen LogP contribution in [0.5, 0.6) is 5.75 Å². The van der Waals surface area contributed by atoms with Gasteiger partial charge in [-0.25, -0.2) is 8.42 Å². The Morgan fingerprint density at radius 1 is 1.18 bits per heavy atom. The van der Waals surface area contributed by atoms with Gasteiger partial charge in [0.2, 0.25) is 9.84 Å². The van der Waals surface area contributed by atoms with Gasteiger partial charge in [-0.05, 0) is 43.2 Å². The second-order valence-corrected chi connectivity index (χ2v) is 7.37. The number of ether oxygens (including phenoxy) is 2. The van der Waals surface area contributed by atoms with Gasteiger partial charge in [0.15, 0.2) is 0 Å². The number of aryl methyl sites for hydroxylation is 2. The van der Waals surface area contributed by atoms with Crippen LogP contribution in [-0.2, 0) is 14.6 Å². The average molecular weight is 318 g/mol. The van der Waals surface area contributed by atoms with Gasteiger partial charge in [-0.2, -0.15) is 0 Å². The van der Waals surface area contributed by atoms with E-state index in [-0.39, 0.29) is 15.9 Å². The Morgan fingerprint density at radius 2 is 1.91 bits per heavy atom. The van der Waals surface area contributed by atoms with Gasteiger partial charge in [0.25, 0.3) is 0 Å². The lowest BCUT2D eigenvalue weighted by atomic mass is 10.2. The van der Waals surface area contributed by atoms with Crippen molar-refractivity contribution in [2.45, 2.75) is 29.7 Å². The fourth-order valence-electron chi connectivity index (χ4n) is 2.33. The van der Waals surface area contributed by atoms with Crippen molar-refractivity contribution < 1.29 is 17.9 Å². The quantitative estimate of drug-likeness (QED) is 0.795. The summed E-state index contributed by atoms with van der Waals surface area (Å²) in [5, 5.41) is 0. The van der Waals surface area contributed by atoms with E-state index in [1.165, 1.54) is 0 Å². The van der Waals surface area contributed by atoms with Crippen molar-refractivity contribution in [3.05, 3.63) is 53.6 Å². The number of sulfone groups is 1. The molecule has 3 rings (SSSR count). The lowest BCUT2D eigenvalue weighted by Crippen LogP contribution is -2.11. The molecule has 1 saturated heterocycles. The van der Waals surface area contributed by atoms with Crippen molar-refractivity contribution in [3.63, 3.8) is 0 Å². The van der Waals surface area contributed by atoms with Gasteiger partial charge in [-0.3, -0.25) is 0 Å². The lowest BCUT2D eigenvalue weighted by Gasteiger charge is -2.14. The first kappa shape index (κ1) is 15.1. The SMILES string of the molecule is Cc1cccc(S(=O)(=O)c2c(C)cccc2OCC2CO2)c1. The standard InChI is InChI=1S/C17H18O4S/c1-12-5-3-7-15(9-12)22(18,19)17-13(2)6-4-8-16(17)21-11-14-10-20-14/h3-9,14H,10-11H2,1-2H3. The highest BCUT2D eigenvalue weighted by Gasteiger charge is 2.27. The van der Waals surface area contributed by atoms with Crippen LogP contribution in [0, 0.1) is 13.8 Å². The molecular formula is C17H18O4S. The fraction of sp³-hybridized carbons (Fsp3) is 0.294. The van der Waals surface area contributed by atoms with Crippen molar-refractivity contribution >= 4 is 9.84 Å². The summed E-state index contributed by atoms with van der Waals surface area (Å²) in [6, 6.07) is 12.2. The second kappa shape index (κ2) is 5.74. The molecule has 0 N–H and O–H groups in total. The van der Waals surface area contributed by atoms with Crippen LogP contribution in [0.3, 0.4) is 0 Å². The van der Waals surface area contributed by atoms with Crippen LogP contribution in [0.2, 0.25) is 0 Å². The molecule has 4 nitrogen and oxygen atoms in total. The molecule has 1 aliphatic rings. The predicted octanol–water partition coefficient (Wildman–Crippen LogP) is 2.91. The molecule has 0 spiro atoms. The number of benzene rings is 2. The summed E-state index contributed by atoms with van der Waals surface area (Å²) in [6.07, 6.45) is 0.0787. The van der Waals surface area contributed by atoms with Gasteiger partial charge < -0.3 is 9.47 Å². The minimum Gasteiger partial charge on any atom is -0.489 e. The molecule has 2 aromatic carbocycles. The topological polar surface area (TPSA) is 55.9 Å². The van der Waals surface area contributed by atoms with Gasteiger partial charge in [0, 0.05) is 0 Å². The van der Waals surface area contributed by atoms with Crippen LogP contribution in [-0.4, -0.2) is 27.7 Å². The largest absolute Gasteiger partial charge is 0.489 e. The van der Waals surface area contributed by atoms with Crippen molar-refractivity contribution in [2.75, 3.05) is 13.2 Å². The highest BCUT2D eigenvalue weighted by Crippen LogP contribution is 2.33. The summed E-state index contributed by atoms with van der Waals surface area (Å²) < 4.78 is 36.7. The second-order valence-electron chi connectivity index (χ2n) is 5.49. The van der Waals surface area contributed by atoms with Crippen molar-refractivity contribution in [3.8, 4) is 5.75 Å². The van der Waals surface area contributed by atoms with Gasteiger partial charge in [-0.15, -0.1) is 0 Å². The van der Waals surface area contributed by atoms with Crippen LogP contribution in [0.1, 0.15) is 11.1 Å². The normalized spacial score (nSPS) is 17.3. The molecule has 0 amide bonds. The van der Waals surface area contributed by atoms with E-state index in [4.69, 9.17) is 9.47 Å². The average Bonchev–Trinajstić information content (AvgIpc) is 3.29. The molecule has 1 heterocycles. The minimum absolute atomic E-state index is 0.0787. The summed E-state index contributed by atoms with van der Waals surface area (Å²) in [5.41, 5.74) is 1.58. The summed E-state index contributed by atoms with van der Waals surface area (Å²) in [7, 11) is -3.62. The van der Waals surface area contributed by atoms with E-state index in [1.807, 2.05) is 13.0 Å². The molecule has 2 aromatic rings. The van der Waals surface area contributed by atoms with Crippen molar-refractivity contribution in [1.82, 2.24) is 0 Å². The van der Waals surface area contributed by atoms with Crippen LogP contribution in [0.4, 0.5) is 0 Å². The van der Waals surface area contributed by atoms with Crippen molar-refractivity contribution in [1.29, 1.82) is 0 Å². The maximum Gasteiger partial charge on any atom is 0.210 e. The fourth-order valence-corrected chi connectivity index (χ4v) is 4.05. The van der Waals surface area contributed by atoms with E-state index in [9.17, 15) is 8.42 Å². The lowest BCUT2D eigenvalue weighted by molar-refractivity contribution is 0.257. The zero-order valence-corrected chi connectivity index (χ0v) is 13.4. The monoisotopic (exact) mass is 318 g/mol. The highest BCUT2D eigenvalue weighted by molar-refractivity contribution is 7.91. The molecule has 0 bridgehead atoms. The van der Waals surface area contributed by atoms with E-state index < -0.39 is 9.84 Å². The number of hydrogen-bond acceptors (Lipinski definition) is 4. The van der Waals surface area contributed by atoms with Gasteiger partial charge >= 0.3 is 0 Å². The molecule has 0 aromatic heterocycles. The van der Waals surface area contributed by atoms with Gasteiger partial charge in [0.05, 0.1) is 11.5 Å². The third-order valence-corrected chi connectivity index (χ3v) is 5.51. The summed E-state index contributed by atoms with van der Waals surface area (Å²) in [5.74, 6) is 0.386. The number of hydrogen-bond donors (Lipinski definition) is 0. The Balaban J connectivity index is 2.05. The van der Waals surface area contributed by atoms with E-state index in [0.717, 1.165) is 5.56 Å². The van der Waals surface area contributed by atoms with Crippen LogP contribution >= 0.6 is 0 Å². The Morgan fingerprint density at radius 3 is 2.59 bits per heavy atom. The van der Waals surface area contributed by atoms with Crippen LogP contribution in [0.25, 0.3) is 0 Å². The zero-order valence-electron chi connectivity index (χ0n) is 12.6. The third kappa shape index (κ3) is 3.00. The molecule has 0 saturated carbocycles. The highest BCUT2D eigenvalue weighted by atomic mass is 32.2. The third-order valence-electron chi connectivity index (χ3n) is 3.57. The number of epoxide rings is 1. The van der Waals surface area contributed by atoms with E-state index >= 15 is 0 Å². The van der Waals surface area contributed by atoms with Crippen molar-refractivity contribution in [2.24, 2.45) is 0 Å². The van der Waals surface area contributed by atoms with Crippen LogP contribution < -0.4 is 4.74 Å². The maximum absolute atomic E-state index is 13.0. The first-order valence-corrected chi connectivity index (χ1v) is 8.62. The molecule has 1 fully saturated rings. The van der Waals surface area contributed by atoms with E-state index in [1.54, 1.807) is 43.3 Å². The van der Waals surface area contributed by atoms with Gasteiger partial charge in [0.1, 0.15) is 23.4 Å². The molecule has 5 heteroatoms. The molecule has 0 aliphatic carbocycles. The first-order chi connectivity index (χ1) is 10.5. The smallest absolute Gasteiger partial charge is 0.210 e. The number of rotatable bonds is 5. The van der Waals surface area contributed by atoms with E-state index in [2.05, 4.69) is 0 Å². The minimum atomic E-state index is -3.62. The molecule has 116 valence electrons. The Bertz CT molecular complexity index is 792. The Kier molecular flexibility index (Phi) is 3.93. The Labute approximate surface area is 130 Å². The molecule has 1 atom stereocenters.